The fourth-order valence-corrected chi connectivity index (χ4v) is 4.11. The summed E-state index contributed by atoms with van der Waals surface area (Å²) in [4.78, 5) is 15.1. The summed E-state index contributed by atoms with van der Waals surface area (Å²) in [7, 11) is 0. The highest BCUT2D eigenvalue weighted by molar-refractivity contribution is 6.29. The zero-order chi connectivity index (χ0) is 21.5. The number of nitrogens with one attached hydrogen (secondary N) is 1. The molecule has 1 unspecified atom stereocenters. The quantitative estimate of drug-likeness (QED) is 0.402. The number of nitrogens with zero attached hydrogens (tertiary/aromatic N) is 7. The first-order chi connectivity index (χ1) is 15.0. The Morgan fingerprint density at radius 1 is 1.16 bits per heavy atom. The third-order valence-corrected chi connectivity index (χ3v) is 5.82. The Kier molecular flexibility index (Phi) is 5.32. The molecular weight excluding hydrogens is 428 g/mol. The van der Waals surface area contributed by atoms with Crippen LogP contribution in [-0.4, -0.2) is 89.1 Å². The standard InChI is InChI=1S/C18H21ClN8O4/c19-11-1-2-12(25-24-11)26-4-3-9(5-26)23-16-13-17(21-7-20-16)27(8-22-13)18-15(30)14(29)10(6-28)31-18/h1-2,7-10,14-15,18,28-30H,3-6H2,(H,20,21,23)/t9?,10-,14-,15-,18-/m1/s1. The van der Waals surface area contributed by atoms with Crippen molar-refractivity contribution in [1.29, 1.82) is 0 Å². The second-order valence-corrected chi connectivity index (χ2v) is 7.95. The number of aliphatic hydroxyl groups excluding tert-OH is 3. The van der Waals surface area contributed by atoms with Crippen molar-refractivity contribution in [2.75, 3.05) is 29.9 Å². The highest BCUT2D eigenvalue weighted by Gasteiger charge is 2.44. The molecule has 3 aromatic heterocycles. The number of anilines is 2. The Hall–Kier alpha value is -2.64. The average Bonchev–Trinajstić information content (AvgIpc) is 3.48. The third kappa shape index (κ3) is 3.66. The van der Waals surface area contributed by atoms with Crippen LogP contribution in [0.5, 0.6) is 0 Å². The van der Waals surface area contributed by atoms with Gasteiger partial charge in [0.1, 0.15) is 24.6 Å². The van der Waals surface area contributed by atoms with Gasteiger partial charge in [-0.15, -0.1) is 10.2 Å². The highest BCUT2D eigenvalue weighted by Crippen LogP contribution is 2.32. The summed E-state index contributed by atoms with van der Waals surface area (Å²) < 4.78 is 7.13. The molecule has 0 radical (unpaired) electrons. The van der Waals surface area contributed by atoms with Crippen molar-refractivity contribution in [3.8, 4) is 0 Å². The van der Waals surface area contributed by atoms with E-state index < -0.39 is 31.1 Å². The van der Waals surface area contributed by atoms with Crippen LogP contribution in [0.25, 0.3) is 11.2 Å². The minimum atomic E-state index is -1.22. The molecule has 5 heterocycles. The molecule has 31 heavy (non-hydrogen) atoms. The molecule has 3 aromatic rings. The molecule has 5 rings (SSSR count). The number of hydrogen-bond donors (Lipinski definition) is 4. The van der Waals surface area contributed by atoms with E-state index in [-0.39, 0.29) is 6.04 Å². The Morgan fingerprint density at radius 3 is 2.77 bits per heavy atom. The third-order valence-electron chi connectivity index (χ3n) is 5.62. The lowest BCUT2D eigenvalue weighted by Gasteiger charge is -2.18. The van der Waals surface area contributed by atoms with E-state index in [1.165, 1.54) is 17.2 Å². The van der Waals surface area contributed by atoms with Crippen molar-refractivity contribution >= 4 is 34.4 Å². The summed E-state index contributed by atoms with van der Waals surface area (Å²) in [6, 6.07) is 3.65. The molecule has 0 aromatic carbocycles. The van der Waals surface area contributed by atoms with Gasteiger partial charge in [-0.2, -0.15) is 0 Å². The molecule has 2 fully saturated rings. The predicted octanol–water partition coefficient (Wildman–Crippen LogP) is -0.428. The average molecular weight is 449 g/mol. The molecule has 2 aliphatic heterocycles. The van der Waals surface area contributed by atoms with Gasteiger partial charge in [-0.25, -0.2) is 15.0 Å². The molecule has 2 saturated heterocycles. The predicted molar refractivity (Wildman–Crippen MR) is 110 cm³/mol. The van der Waals surface area contributed by atoms with Gasteiger partial charge in [0.2, 0.25) is 0 Å². The largest absolute Gasteiger partial charge is 0.394 e. The van der Waals surface area contributed by atoms with Crippen molar-refractivity contribution in [3.05, 3.63) is 29.9 Å². The summed E-state index contributed by atoms with van der Waals surface area (Å²) in [5.74, 6) is 1.32. The van der Waals surface area contributed by atoms with Gasteiger partial charge < -0.3 is 30.3 Å². The summed E-state index contributed by atoms with van der Waals surface area (Å²) >= 11 is 5.81. The fourth-order valence-electron chi connectivity index (χ4n) is 4.01. The van der Waals surface area contributed by atoms with Crippen LogP contribution < -0.4 is 10.2 Å². The first-order valence-electron chi connectivity index (χ1n) is 9.86. The second kappa shape index (κ2) is 8.13. The molecule has 0 amide bonds. The molecule has 2 aliphatic rings. The highest BCUT2D eigenvalue weighted by atomic mass is 35.5. The number of ether oxygens (including phenoxy) is 1. The zero-order valence-electron chi connectivity index (χ0n) is 16.3. The smallest absolute Gasteiger partial charge is 0.167 e. The normalized spacial score (nSPS) is 28.5. The van der Waals surface area contributed by atoms with Crippen LogP contribution in [0.1, 0.15) is 12.6 Å². The molecule has 0 aliphatic carbocycles. The molecule has 13 heteroatoms. The van der Waals surface area contributed by atoms with Crippen LogP contribution >= 0.6 is 11.6 Å². The Labute approximate surface area is 181 Å². The summed E-state index contributed by atoms with van der Waals surface area (Å²) in [5.41, 5.74) is 0.968. The van der Waals surface area contributed by atoms with Crippen LogP contribution in [0.4, 0.5) is 11.6 Å². The van der Waals surface area contributed by atoms with E-state index in [1.54, 1.807) is 6.07 Å². The van der Waals surface area contributed by atoms with Gasteiger partial charge in [-0.1, -0.05) is 11.6 Å². The molecule has 0 spiro atoms. The maximum absolute atomic E-state index is 10.3. The number of halogens is 1. The SMILES string of the molecule is OC[C@H]1O[C@@H](n2cnc3c(NC4CCN(c5ccc(Cl)nn5)C4)ncnc32)[C@H](O)[C@@H]1O. The number of imidazole rings is 1. The first kappa shape index (κ1) is 20.3. The summed E-state index contributed by atoms with van der Waals surface area (Å²) in [5, 5.41) is 41.5. The lowest BCUT2D eigenvalue weighted by atomic mass is 10.1. The van der Waals surface area contributed by atoms with Crippen LogP contribution in [0.3, 0.4) is 0 Å². The van der Waals surface area contributed by atoms with Gasteiger partial charge in [0.25, 0.3) is 0 Å². The van der Waals surface area contributed by atoms with Gasteiger partial charge in [-0.05, 0) is 18.6 Å². The first-order valence-corrected chi connectivity index (χ1v) is 10.2. The fraction of sp³-hybridized carbons (Fsp3) is 0.500. The second-order valence-electron chi connectivity index (χ2n) is 7.57. The van der Waals surface area contributed by atoms with Gasteiger partial charge in [0.15, 0.2) is 34.2 Å². The number of hydrogen-bond acceptors (Lipinski definition) is 11. The molecule has 0 bridgehead atoms. The molecule has 5 atom stereocenters. The van der Waals surface area contributed by atoms with Crippen LogP contribution in [-0.2, 0) is 4.74 Å². The monoisotopic (exact) mass is 448 g/mol. The maximum Gasteiger partial charge on any atom is 0.167 e. The molecule has 0 saturated carbocycles. The number of aliphatic hydroxyl groups is 3. The number of aromatic nitrogens is 6. The van der Waals surface area contributed by atoms with E-state index >= 15 is 0 Å². The molecule has 4 N–H and O–H groups in total. The van der Waals surface area contributed by atoms with Crippen LogP contribution in [0, 0.1) is 0 Å². The Morgan fingerprint density at radius 2 is 2.03 bits per heavy atom. The van der Waals surface area contributed by atoms with Crippen molar-refractivity contribution < 1.29 is 20.1 Å². The number of rotatable bonds is 5. The summed E-state index contributed by atoms with van der Waals surface area (Å²) in [6.45, 7) is 1.11. The van der Waals surface area contributed by atoms with Crippen molar-refractivity contribution in [2.45, 2.75) is 37.0 Å². The van der Waals surface area contributed by atoms with Crippen LogP contribution in [0.15, 0.2) is 24.8 Å². The molecule has 12 nitrogen and oxygen atoms in total. The number of fused-ring (bicyclic) bond motifs is 1. The van der Waals surface area contributed by atoms with E-state index in [0.717, 1.165) is 18.8 Å². The maximum atomic E-state index is 10.3. The lowest BCUT2D eigenvalue weighted by Crippen LogP contribution is -2.33. The van der Waals surface area contributed by atoms with Gasteiger partial charge in [-0.3, -0.25) is 4.57 Å². The van der Waals surface area contributed by atoms with Crippen molar-refractivity contribution in [1.82, 2.24) is 29.7 Å². The van der Waals surface area contributed by atoms with Gasteiger partial charge in [0, 0.05) is 19.1 Å². The van der Waals surface area contributed by atoms with E-state index in [9.17, 15) is 15.3 Å². The summed E-state index contributed by atoms with van der Waals surface area (Å²) in [6.07, 6.45) is -0.457. The van der Waals surface area contributed by atoms with Crippen molar-refractivity contribution in [3.63, 3.8) is 0 Å². The van der Waals surface area contributed by atoms with E-state index in [2.05, 4.69) is 35.4 Å². The van der Waals surface area contributed by atoms with E-state index in [4.69, 9.17) is 16.3 Å². The molecular formula is C18H21ClN8O4. The van der Waals surface area contributed by atoms with Crippen LogP contribution in [0.2, 0.25) is 5.15 Å². The Bertz CT molecular complexity index is 1070. The van der Waals surface area contributed by atoms with Gasteiger partial charge >= 0.3 is 0 Å². The van der Waals surface area contributed by atoms with E-state index in [1.807, 2.05) is 6.07 Å². The van der Waals surface area contributed by atoms with Gasteiger partial charge in [0.05, 0.1) is 12.9 Å². The lowest BCUT2D eigenvalue weighted by molar-refractivity contribution is -0.0511. The molecule has 164 valence electrons. The minimum absolute atomic E-state index is 0.106. The Balaban J connectivity index is 1.34. The minimum Gasteiger partial charge on any atom is -0.394 e. The zero-order valence-corrected chi connectivity index (χ0v) is 17.0. The topological polar surface area (TPSA) is 155 Å². The van der Waals surface area contributed by atoms with Crippen molar-refractivity contribution in [2.24, 2.45) is 0 Å². The van der Waals surface area contributed by atoms with E-state index in [0.29, 0.717) is 28.7 Å².